The van der Waals surface area contributed by atoms with Crippen LogP contribution in [-0.4, -0.2) is 10.9 Å². The number of aliphatic hydroxyl groups is 1. The molecule has 0 fully saturated rings. The molecule has 1 unspecified atom stereocenters. The van der Waals surface area contributed by atoms with E-state index in [-0.39, 0.29) is 18.6 Å². The Kier molecular flexibility index (Phi) is 3.59. The van der Waals surface area contributed by atoms with E-state index in [2.05, 4.69) is 0 Å². The number of hydrogen-bond acceptors (Lipinski definition) is 3. The van der Waals surface area contributed by atoms with Gasteiger partial charge in [0.2, 0.25) is 0 Å². The number of rotatable bonds is 4. The van der Waals surface area contributed by atoms with Crippen LogP contribution in [0.15, 0.2) is 30.3 Å². The van der Waals surface area contributed by atoms with E-state index in [1.807, 2.05) is 12.1 Å². The fourth-order valence-corrected chi connectivity index (χ4v) is 1.34. The van der Waals surface area contributed by atoms with Crippen molar-refractivity contribution >= 4 is 5.78 Å². The van der Waals surface area contributed by atoms with Gasteiger partial charge in [-0.15, -0.1) is 0 Å². The standard InChI is InChI=1S/C12H13NO2/c1-10(14)7-8-12(15,9-13)11-5-3-2-4-6-11/h2-6,15H,7-8H2,1H3. The van der Waals surface area contributed by atoms with Gasteiger partial charge in [-0.25, -0.2) is 0 Å². The van der Waals surface area contributed by atoms with Gasteiger partial charge in [0, 0.05) is 12.8 Å². The van der Waals surface area contributed by atoms with Crippen molar-refractivity contribution in [3.05, 3.63) is 35.9 Å². The summed E-state index contributed by atoms with van der Waals surface area (Å²) in [4.78, 5) is 10.8. The molecular formula is C12H13NO2. The number of carbonyl (C=O) groups is 1. The van der Waals surface area contributed by atoms with Crippen molar-refractivity contribution in [3.63, 3.8) is 0 Å². The fourth-order valence-electron chi connectivity index (χ4n) is 1.34. The van der Waals surface area contributed by atoms with Crippen LogP contribution in [0.25, 0.3) is 0 Å². The molecular weight excluding hydrogens is 190 g/mol. The summed E-state index contributed by atoms with van der Waals surface area (Å²) in [7, 11) is 0. The fraction of sp³-hybridized carbons (Fsp3) is 0.333. The maximum Gasteiger partial charge on any atom is 0.177 e. The normalized spacial score (nSPS) is 13.9. The monoisotopic (exact) mass is 203 g/mol. The Balaban J connectivity index is 2.87. The third kappa shape index (κ3) is 2.90. The Hall–Kier alpha value is -1.66. The van der Waals surface area contributed by atoms with Gasteiger partial charge in [0.15, 0.2) is 5.60 Å². The molecule has 0 amide bonds. The van der Waals surface area contributed by atoms with Crippen molar-refractivity contribution in [1.82, 2.24) is 0 Å². The first-order chi connectivity index (χ1) is 7.08. The van der Waals surface area contributed by atoms with Crippen LogP contribution in [0.2, 0.25) is 0 Å². The van der Waals surface area contributed by atoms with Crippen LogP contribution in [0, 0.1) is 11.3 Å². The summed E-state index contributed by atoms with van der Waals surface area (Å²) < 4.78 is 0. The zero-order valence-corrected chi connectivity index (χ0v) is 8.60. The number of nitriles is 1. The average molecular weight is 203 g/mol. The molecule has 0 spiro atoms. The lowest BCUT2D eigenvalue weighted by molar-refractivity contribution is -0.118. The molecule has 1 rings (SSSR count). The Morgan fingerprint density at radius 3 is 2.53 bits per heavy atom. The van der Waals surface area contributed by atoms with Crippen molar-refractivity contribution in [2.75, 3.05) is 0 Å². The molecule has 78 valence electrons. The van der Waals surface area contributed by atoms with E-state index >= 15 is 0 Å². The van der Waals surface area contributed by atoms with E-state index in [1.54, 1.807) is 24.3 Å². The summed E-state index contributed by atoms with van der Waals surface area (Å²) in [5.41, 5.74) is -1.01. The third-order valence-electron chi connectivity index (χ3n) is 2.28. The molecule has 3 heteroatoms. The molecule has 1 N–H and O–H groups in total. The zero-order chi connectivity index (χ0) is 11.3. The molecule has 1 atom stereocenters. The summed E-state index contributed by atoms with van der Waals surface area (Å²) in [5.74, 6) is -0.0281. The molecule has 0 heterocycles. The Bertz CT molecular complexity index is 380. The molecule has 0 aliphatic rings. The maximum atomic E-state index is 10.8. The van der Waals surface area contributed by atoms with Gasteiger partial charge in [0.05, 0.1) is 0 Å². The van der Waals surface area contributed by atoms with Crippen molar-refractivity contribution in [1.29, 1.82) is 5.26 Å². The summed E-state index contributed by atoms with van der Waals surface area (Å²) in [6.07, 6.45) is 0.349. The number of benzene rings is 1. The van der Waals surface area contributed by atoms with Gasteiger partial charge in [0.25, 0.3) is 0 Å². The Morgan fingerprint density at radius 1 is 1.47 bits per heavy atom. The van der Waals surface area contributed by atoms with Gasteiger partial charge in [-0.05, 0) is 12.5 Å². The molecule has 0 bridgehead atoms. The molecule has 0 saturated carbocycles. The first kappa shape index (κ1) is 11.4. The predicted molar refractivity (Wildman–Crippen MR) is 55.9 cm³/mol. The van der Waals surface area contributed by atoms with Crippen LogP contribution in [0.5, 0.6) is 0 Å². The minimum absolute atomic E-state index is 0.0281. The minimum Gasteiger partial charge on any atom is -0.371 e. The Morgan fingerprint density at radius 2 is 2.07 bits per heavy atom. The lowest BCUT2D eigenvalue weighted by atomic mass is 9.90. The number of nitrogens with zero attached hydrogens (tertiary/aromatic N) is 1. The van der Waals surface area contributed by atoms with Crippen LogP contribution in [0.4, 0.5) is 0 Å². The molecule has 0 aliphatic carbocycles. The summed E-state index contributed by atoms with van der Waals surface area (Å²) >= 11 is 0. The highest BCUT2D eigenvalue weighted by Crippen LogP contribution is 2.25. The van der Waals surface area contributed by atoms with E-state index in [1.165, 1.54) is 6.92 Å². The van der Waals surface area contributed by atoms with Crippen LogP contribution in [0.1, 0.15) is 25.3 Å². The average Bonchev–Trinajstić information content (AvgIpc) is 2.27. The molecule has 0 radical (unpaired) electrons. The molecule has 0 aromatic heterocycles. The molecule has 1 aromatic rings. The Labute approximate surface area is 89.0 Å². The topological polar surface area (TPSA) is 61.1 Å². The lowest BCUT2D eigenvalue weighted by Gasteiger charge is -2.19. The first-order valence-electron chi connectivity index (χ1n) is 4.77. The van der Waals surface area contributed by atoms with Crippen molar-refractivity contribution in [2.24, 2.45) is 0 Å². The largest absolute Gasteiger partial charge is 0.371 e. The number of ketones is 1. The summed E-state index contributed by atoms with van der Waals surface area (Å²) in [6.45, 7) is 1.45. The van der Waals surface area contributed by atoms with Crippen LogP contribution in [-0.2, 0) is 10.4 Å². The van der Waals surface area contributed by atoms with Crippen molar-refractivity contribution in [2.45, 2.75) is 25.4 Å². The highest BCUT2D eigenvalue weighted by molar-refractivity contribution is 5.75. The van der Waals surface area contributed by atoms with Crippen LogP contribution >= 0.6 is 0 Å². The van der Waals surface area contributed by atoms with Gasteiger partial charge in [-0.2, -0.15) is 5.26 Å². The number of hydrogen-bond donors (Lipinski definition) is 1. The van der Waals surface area contributed by atoms with Crippen LogP contribution < -0.4 is 0 Å². The van der Waals surface area contributed by atoms with E-state index < -0.39 is 5.60 Å². The van der Waals surface area contributed by atoms with E-state index in [0.717, 1.165) is 0 Å². The predicted octanol–water partition coefficient (Wildman–Crippen LogP) is 1.77. The smallest absolute Gasteiger partial charge is 0.177 e. The van der Waals surface area contributed by atoms with E-state index in [9.17, 15) is 9.90 Å². The SMILES string of the molecule is CC(=O)CCC(O)(C#N)c1ccccc1. The lowest BCUT2D eigenvalue weighted by Crippen LogP contribution is -2.24. The third-order valence-corrected chi connectivity index (χ3v) is 2.28. The first-order valence-corrected chi connectivity index (χ1v) is 4.77. The molecule has 3 nitrogen and oxygen atoms in total. The minimum atomic E-state index is -1.55. The van der Waals surface area contributed by atoms with Gasteiger partial charge >= 0.3 is 0 Å². The van der Waals surface area contributed by atoms with E-state index in [4.69, 9.17) is 5.26 Å². The summed E-state index contributed by atoms with van der Waals surface area (Å²) in [5, 5.41) is 19.0. The van der Waals surface area contributed by atoms with Crippen molar-refractivity contribution < 1.29 is 9.90 Å². The highest BCUT2D eigenvalue weighted by Gasteiger charge is 2.28. The van der Waals surface area contributed by atoms with Gasteiger partial charge in [-0.1, -0.05) is 30.3 Å². The zero-order valence-electron chi connectivity index (χ0n) is 8.60. The number of carbonyl (C=O) groups excluding carboxylic acids is 1. The molecule has 1 aromatic carbocycles. The van der Waals surface area contributed by atoms with Crippen molar-refractivity contribution in [3.8, 4) is 6.07 Å². The highest BCUT2D eigenvalue weighted by atomic mass is 16.3. The quantitative estimate of drug-likeness (QED) is 0.758. The maximum absolute atomic E-state index is 10.8. The van der Waals surface area contributed by atoms with Gasteiger partial charge in [0.1, 0.15) is 11.9 Å². The second-order valence-electron chi connectivity index (χ2n) is 3.54. The van der Waals surface area contributed by atoms with Gasteiger partial charge < -0.3 is 9.90 Å². The molecule has 0 aliphatic heterocycles. The molecule has 0 saturated heterocycles. The van der Waals surface area contributed by atoms with Crippen LogP contribution in [0.3, 0.4) is 0 Å². The van der Waals surface area contributed by atoms with Gasteiger partial charge in [-0.3, -0.25) is 0 Å². The second-order valence-corrected chi connectivity index (χ2v) is 3.54. The summed E-state index contributed by atoms with van der Waals surface area (Å²) in [6, 6.07) is 10.5. The number of Topliss-reactive ketones (excluding diaryl/α,β-unsaturated/α-hetero) is 1. The second kappa shape index (κ2) is 4.72. The van der Waals surface area contributed by atoms with E-state index in [0.29, 0.717) is 5.56 Å². The molecule has 15 heavy (non-hydrogen) atoms.